The Balaban J connectivity index is 2.23. The van der Waals surface area contributed by atoms with E-state index in [1.54, 1.807) is 12.1 Å². The van der Waals surface area contributed by atoms with Crippen molar-refractivity contribution in [3.05, 3.63) is 53.0 Å². The largest absolute Gasteiger partial charge is 0.455 e. The summed E-state index contributed by atoms with van der Waals surface area (Å²) < 4.78 is 11.9. The van der Waals surface area contributed by atoms with Gasteiger partial charge in [-0.25, -0.2) is 0 Å². The third-order valence-corrected chi connectivity index (χ3v) is 3.67. The summed E-state index contributed by atoms with van der Waals surface area (Å²) in [6, 6.07) is 15.2. The number of hydrogen-bond donors (Lipinski definition) is 0. The first-order chi connectivity index (χ1) is 9.66. The number of carbonyl (C=O) groups is 1. The summed E-state index contributed by atoms with van der Waals surface area (Å²) in [6.45, 7) is 1.38. The molecular formula is C16H11BrO3. The second-order valence-electron chi connectivity index (χ2n) is 4.33. The van der Waals surface area contributed by atoms with Gasteiger partial charge < -0.3 is 9.15 Å². The fourth-order valence-electron chi connectivity index (χ4n) is 2.10. The van der Waals surface area contributed by atoms with Crippen molar-refractivity contribution in [2.75, 3.05) is 0 Å². The van der Waals surface area contributed by atoms with Crippen molar-refractivity contribution in [3.63, 3.8) is 0 Å². The molecule has 0 N–H and O–H groups in total. The van der Waals surface area contributed by atoms with E-state index in [1.165, 1.54) is 6.92 Å². The van der Waals surface area contributed by atoms with Crippen LogP contribution in [0.3, 0.4) is 0 Å². The van der Waals surface area contributed by atoms with Crippen LogP contribution >= 0.6 is 15.9 Å². The zero-order valence-electron chi connectivity index (χ0n) is 10.7. The lowest BCUT2D eigenvalue weighted by Gasteiger charge is -2.02. The molecule has 0 radical (unpaired) electrons. The summed E-state index contributed by atoms with van der Waals surface area (Å²) in [5, 5.41) is 0.765. The third-order valence-electron chi connectivity index (χ3n) is 2.91. The minimum atomic E-state index is -0.355. The van der Waals surface area contributed by atoms with Gasteiger partial charge in [0.25, 0.3) is 0 Å². The zero-order chi connectivity index (χ0) is 14.1. The number of halogens is 1. The lowest BCUT2D eigenvalue weighted by atomic mass is 10.1. The highest BCUT2D eigenvalue weighted by molar-refractivity contribution is 9.10. The summed E-state index contributed by atoms with van der Waals surface area (Å²) in [5.74, 6) is 0.861. The van der Waals surface area contributed by atoms with Gasteiger partial charge in [0.1, 0.15) is 17.1 Å². The number of benzene rings is 2. The molecule has 100 valence electrons. The molecule has 0 spiro atoms. The summed E-state index contributed by atoms with van der Waals surface area (Å²) in [6.07, 6.45) is 0. The molecule has 0 aliphatic rings. The molecule has 4 heteroatoms. The normalized spacial score (nSPS) is 10.7. The molecule has 2 aromatic carbocycles. The molecule has 20 heavy (non-hydrogen) atoms. The van der Waals surface area contributed by atoms with Crippen molar-refractivity contribution in [1.29, 1.82) is 0 Å². The van der Waals surface area contributed by atoms with Gasteiger partial charge in [0.2, 0.25) is 0 Å². The van der Waals surface area contributed by atoms with Gasteiger partial charge in [0.05, 0.1) is 9.86 Å². The Labute approximate surface area is 124 Å². The lowest BCUT2D eigenvalue weighted by molar-refractivity contribution is -0.131. The van der Waals surface area contributed by atoms with Gasteiger partial charge in [-0.15, -0.1) is 0 Å². The van der Waals surface area contributed by atoms with Crippen LogP contribution in [0.4, 0.5) is 0 Å². The molecule has 0 amide bonds. The topological polar surface area (TPSA) is 39.4 Å². The number of carbonyl (C=O) groups excluding carboxylic acids is 1. The molecular weight excluding hydrogens is 320 g/mol. The predicted molar refractivity (Wildman–Crippen MR) is 80.7 cm³/mol. The third kappa shape index (κ3) is 2.23. The molecule has 0 fully saturated rings. The Morgan fingerprint density at radius 2 is 1.85 bits per heavy atom. The molecule has 0 atom stereocenters. The van der Waals surface area contributed by atoms with Crippen LogP contribution in [0.2, 0.25) is 0 Å². The number of rotatable bonds is 2. The SMILES string of the molecule is CC(=O)Oc1cccc2oc(-c3ccccc3)c(Br)c12. The minimum absolute atomic E-state index is 0.355. The summed E-state index contributed by atoms with van der Waals surface area (Å²) in [4.78, 5) is 11.2. The van der Waals surface area contributed by atoms with Crippen LogP contribution in [0.15, 0.2) is 57.4 Å². The van der Waals surface area contributed by atoms with E-state index in [9.17, 15) is 4.79 Å². The number of fused-ring (bicyclic) bond motifs is 1. The van der Waals surface area contributed by atoms with Gasteiger partial charge in [-0.2, -0.15) is 0 Å². The zero-order valence-corrected chi connectivity index (χ0v) is 12.3. The Morgan fingerprint density at radius 3 is 2.55 bits per heavy atom. The molecule has 1 aromatic heterocycles. The maximum atomic E-state index is 11.2. The van der Waals surface area contributed by atoms with Gasteiger partial charge in [0, 0.05) is 12.5 Å². The Hall–Kier alpha value is -2.07. The minimum Gasteiger partial charge on any atom is -0.455 e. The van der Waals surface area contributed by atoms with Crippen LogP contribution in [0, 0.1) is 0 Å². The van der Waals surface area contributed by atoms with Crippen LogP contribution in [-0.4, -0.2) is 5.97 Å². The maximum Gasteiger partial charge on any atom is 0.308 e. The van der Waals surface area contributed by atoms with Gasteiger partial charge in [-0.1, -0.05) is 36.4 Å². The molecule has 3 nitrogen and oxygen atoms in total. The first-order valence-electron chi connectivity index (χ1n) is 6.11. The Morgan fingerprint density at radius 1 is 1.10 bits per heavy atom. The van der Waals surface area contributed by atoms with Crippen molar-refractivity contribution in [3.8, 4) is 17.1 Å². The molecule has 3 rings (SSSR count). The Kier molecular flexibility index (Phi) is 3.32. The number of ether oxygens (including phenoxy) is 1. The van der Waals surface area contributed by atoms with Crippen molar-refractivity contribution in [1.82, 2.24) is 0 Å². The van der Waals surface area contributed by atoms with Crippen LogP contribution in [0.25, 0.3) is 22.3 Å². The van der Waals surface area contributed by atoms with E-state index in [4.69, 9.17) is 9.15 Å². The monoisotopic (exact) mass is 330 g/mol. The molecule has 0 saturated carbocycles. The van der Waals surface area contributed by atoms with Gasteiger partial charge in [-0.05, 0) is 28.1 Å². The summed E-state index contributed by atoms with van der Waals surface area (Å²) >= 11 is 3.54. The van der Waals surface area contributed by atoms with Crippen molar-refractivity contribution in [2.45, 2.75) is 6.92 Å². The van der Waals surface area contributed by atoms with Crippen molar-refractivity contribution in [2.24, 2.45) is 0 Å². The maximum absolute atomic E-state index is 11.2. The van der Waals surface area contributed by atoms with Crippen LogP contribution in [-0.2, 0) is 4.79 Å². The van der Waals surface area contributed by atoms with Gasteiger partial charge >= 0.3 is 5.97 Å². The second kappa shape index (κ2) is 5.13. The number of hydrogen-bond acceptors (Lipinski definition) is 3. The molecule has 1 heterocycles. The van der Waals surface area contributed by atoms with Crippen LogP contribution in [0.5, 0.6) is 5.75 Å². The lowest BCUT2D eigenvalue weighted by Crippen LogP contribution is -2.01. The van der Waals surface area contributed by atoms with E-state index >= 15 is 0 Å². The first-order valence-corrected chi connectivity index (χ1v) is 6.91. The standard InChI is InChI=1S/C16H11BrO3/c1-10(18)19-12-8-5-9-13-14(12)15(17)16(20-13)11-6-3-2-4-7-11/h2-9H,1H3. The summed E-state index contributed by atoms with van der Waals surface area (Å²) in [7, 11) is 0. The van der Waals surface area contributed by atoms with E-state index in [0.717, 1.165) is 21.2 Å². The highest BCUT2D eigenvalue weighted by atomic mass is 79.9. The van der Waals surface area contributed by atoms with Crippen molar-refractivity contribution >= 4 is 32.9 Å². The fourth-order valence-corrected chi connectivity index (χ4v) is 2.80. The Bertz CT molecular complexity index is 775. The van der Waals surface area contributed by atoms with Crippen LogP contribution in [0.1, 0.15) is 6.92 Å². The number of furan rings is 1. The van der Waals surface area contributed by atoms with E-state index in [1.807, 2.05) is 36.4 Å². The number of esters is 1. The molecule has 0 aliphatic carbocycles. The van der Waals surface area contributed by atoms with E-state index in [2.05, 4.69) is 15.9 Å². The average molecular weight is 331 g/mol. The van der Waals surface area contributed by atoms with E-state index < -0.39 is 0 Å². The second-order valence-corrected chi connectivity index (χ2v) is 5.13. The quantitative estimate of drug-likeness (QED) is 0.501. The highest BCUT2D eigenvalue weighted by Gasteiger charge is 2.17. The van der Waals surface area contributed by atoms with Gasteiger partial charge in [0.15, 0.2) is 0 Å². The van der Waals surface area contributed by atoms with Crippen LogP contribution < -0.4 is 4.74 Å². The smallest absolute Gasteiger partial charge is 0.308 e. The van der Waals surface area contributed by atoms with Gasteiger partial charge in [-0.3, -0.25) is 4.79 Å². The molecule has 0 unspecified atom stereocenters. The molecule has 0 bridgehead atoms. The fraction of sp³-hybridized carbons (Fsp3) is 0.0625. The molecule has 3 aromatic rings. The molecule has 0 saturated heterocycles. The average Bonchev–Trinajstić information content (AvgIpc) is 2.78. The van der Waals surface area contributed by atoms with E-state index in [0.29, 0.717) is 11.3 Å². The highest BCUT2D eigenvalue weighted by Crippen LogP contribution is 2.41. The van der Waals surface area contributed by atoms with E-state index in [-0.39, 0.29) is 5.97 Å². The van der Waals surface area contributed by atoms with Crippen molar-refractivity contribution < 1.29 is 13.9 Å². The molecule has 0 aliphatic heterocycles. The summed E-state index contributed by atoms with van der Waals surface area (Å²) in [5.41, 5.74) is 1.64. The predicted octanol–water partition coefficient (Wildman–Crippen LogP) is 4.79. The first kappa shape index (κ1) is 12.9.